The fourth-order valence-corrected chi connectivity index (χ4v) is 1.45. The molecule has 0 aromatic heterocycles. The molecule has 0 atom stereocenters. The van der Waals surface area contributed by atoms with Gasteiger partial charge in [0.1, 0.15) is 0 Å². The summed E-state index contributed by atoms with van der Waals surface area (Å²) in [6.07, 6.45) is 0. The topological polar surface area (TPSA) is 73.8 Å². The van der Waals surface area contributed by atoms with E-state index in [2.05, 4.69) is 0 Å². The van der Waals surface area contributed by atoms with Gasteiger partial charge in [-0.25, -0.2) is 0 Å². The molecule has 0 radical (unpaired) electrons. The lowest BCUT2D eigenvalue weighted by molar-refractivity contribution is 0.00533. The lowest BCUT2D eigenvalue weighted by Gasteiger charge is -2.05. The third-order valence-electron chi connectivity index (χ3n) is 2.76. The van der Waals surface area contributed by atoms with Gasteiger partial charge in [0.15, 0.2) is 0 Å². The fraction of sp³-hybridized carbons (Fsp3) is 1.00. The predicted octanol–water partition coefficient (Wildman–Crippen LogP) is 1.41. The molecule has 0 bridgehead atoms. The van der Waals surface area contributed by atoms with E-state index in [0.29, 0.717) is 79.3 Å². The van der Waals surface area contributed by atoms with Gasteiger partial charge in [-0.1, -0.05) is 0 Å². The van der Waals surface area contributed by atoms with Gasteiger partial charge in [0, 0.05) is 27.4 Å². The largest absolute Gasteiger partial charge is 0.382 e. The van der Waals surface area contributed by atoms with Gasteiger partial charge in [-0.05, 0) is 13.8 Å². The van der Waals surface area contributed by atoms with E-state index in [-0.39, 0.29) is 0 Å². The minimum atomic E-state index is 0.621. The second-order valence-electron chi connectivity index (χ2n) is 4.83. The van der Waals surface area contributed by atoms with Crippen LogP contribution in [-0.2, 0) is 37.9 Å². The Morgan fingerprint density at radius 3 is 0.808 bits per heavy atom. The van der Waals surface area contributed by atoms with Crippen LogP contribution in [0.5, 0.6) is 0 Å². The molecule has 0 aromatic rings. The van der Waals surface area contributed by atoms with Gasteiger partial charge in [-0.3, -0.25) is 0 Å². The van der Waals surface area contributed by atoms with Crippen molar-refractivity contribution in [1.29, 1.82) is 0 Å². The molecule has 0 aliphatic rings. The van der Waals surface area contributed by atoms with Crippen molar-refractivity contribution in [1.82, 2.24) is 0 Å². The van der Waals surface area contributed by atoms with Crippen LogP contribution in [0.25, 0.3) is 0 Å². The first-order valence-electron chi connectivity index (χ1n) is 9.27. The maximum atomic E-state index is 5.23. The smallest absolute Gasteiger partial charge is 0.0701 e. The molecule has 0 aliphatic heterocycles. The number of ether oxygens (including phenoxy) is 8. The summed E-state index contributed by atoms with van der Waals surface area (Å²) in [5.41, 5.74) is 0. The Hall–Kier alpha value is -0.320. The van der Waals surface area contributed by atoms with Crippen LogP contribution in [0.3, 0.4) is 0 Å². The molecular weight excluding hydrogens is 344 g/mol. The Kier molecular flexibility index (Phi) is 31.6. The van der Waals surface area contributed by atoms with Gasteiger partial charge in [0.05, 0.1) is 79.3 Å². The molecular formula is C18H40O8. The van der Waals surface area contributed by atoms with Crippen molar-refractivity contribution < 1.29 is 37.9 Å². The van der Waals surface area contributed by atoms with Gasteiger partial charge in [-0.15, -0.1) is 0 Å². The van der Waals surface area contributed by atoms with Gasteiger partial charge in [-0.2, -0.15) is 0 Å². The summed E-state index contributed by atoms with van der Waals surface area (Å²) in [5, 5.41) is 0. The van der Waals surface area contributed by atoms with Crippen LogP contribution >= 0.6 is 0 Å². The molecule has 8 heteroatoms. The van der Waals surface area contributed by atoms with Crippen molar-refractivity contribution in [3.63, 3.8) is 0 Å². The van der Waals surface area contributed by atoms with Gasteiger partial charge in [0.2, 0.25) is 0 Å². The highest BCUT2D eigenvalue weighted by atomic mass is 16.6. The standard InChI is InChI=1S/2C9H20O4/c2*1-3-11-6-7-13-9-8-12-5-4-10-2/h2*3-9H2,1-2H3. The summed E-state index contributed by atoms with van der Waals surface area (Å²) in [7, 11) is 3.31. The zero-order chi connectivity index (χ0) is 19.6. The summed E-state index contributed by atoms with van der Waals surface area (Å²) < 4.78 is 40.6. The molecule has 0 rings (SSSR count). The number of hydrogen-bond acceptors (Lipinski definition) is 8. The van der Waals surface area contributed by atoms with E-state index in [1.165, 1.54) is 0 Å². The van der Waals surface area contributed by atoms with Crippen LogP contribution in [0, 0.1) is 0 Å². The molecule has 0 saturated carbocycles. The Morgan fingerprint density at radius 2 is 0.577 bits per heavy atom. The Bertz CT molecular complexity index is 177. The summed E-state index contributed by atoms with van der Waals surface area (Å²) in [5.74, 6) is 0. The van der Waals surface area contributed by atoms with E-state index < -0.39 is 0 Å². The van der Waals surface area contributed by atoms with Crippen LogP contribution in [0.1, 0.15) is 13.8 Å². The molecule has 0 aromatic carbocycles. The van der Waals surface area contributed by atoms with Crippen LogP contribution in [0.2, 0.25) is 0 Å². The zero-order valence-corrected chi connectivity index (χ0v) is 17.2. The summed E-state index contributed by atoms with van der Waals surface area (Å²) in [4.78, 5) is 0. The molecule has 0 fully saturated rings. The zero-order valence-electron chi connectivity index (χ0n) is 17.2. The average Bonchev–Trinajstić information content (AvgIpc) is 2.66. The maximum absolute atomic E-state index is 5.23. The number of rotatable bonds is 20. The van der Waals surface area contributed by atoms with Gasteiger partial charge in [0.25, 0.3) is 0 Å². The molecule has 0 unspecified atom stereocenters. The average molecular weight is 385 g/mol. The van der Waals surface area contributed by atoms with E-state index in [4.69, 9.17) is 37.9 Å². The minimum absolute atomic E-state index is 0.621. The highest BCUT2D eigenvalue weighted by Gasteiger charge is 1.90. The predicted molar refractivity (Wildman–Crippen MR) is 100 cm³/mol. The molecule has 26 heavy (non-hydrogen) atoms. The highest BCUT2D eigenvalue weighted by Crippen LogP contribution is 1.82. The second kappa shape index (κ2) is 29.4. The lowest BCUT2D eigenvalue weighted by atomic mass is 10.7. The van der Waals surface area contributed by atoms with Crippen LogP contribution in [0.15, 0.2) is 0 Å². The second-order valence-corrected chi connectivity index (χ2v) is 4.83. The molecule has 160 valence electrons. The molecule has 0 aliphatic carbocycles. The highest BCUT2D eigenvalue weighted by molar-refractivity contribution is 4.33. The third kappa shape index (κ3) is 31.4. The fourth-order valence-electron chi connectivity index (χ4n) is 1.45. The lowest BCUT2D eigenvalue weighted by Crippen LogP contribution is -2.11. The molecule has 0 spiro atoms. The molecule has 0 saturated heterocycles. The summed E-state index contributed by atoms with van der Waals surface area (Å²) >= 11 is 0. The Morgan fingerprint density at radius 1 is 0.346 bits per heavy atom. The van der Waals surface area contributed by atoms with Crippen LogP contribution in [0.4, 0.5) is 0 Å². The molecule has 0 heterocycles. The first-order chi connectivity index (χ1) is 12.8. The monoisotopic (exact) mass is 384 g/mol. The number of hydrogen-bond donors (Lipinski definition) is 0. The summed E-state index contributed by atoms with van der Waals surface area (Å²) in [6.45, 7) is 13.0. The van der Waals surface area contributed by atoms with Crippen molar-refractivity contribution in [2.24, 2.45) is 0 Å². The van der Waals surface area contributed by atoms with E-state index >= 15 is 0 Å². The Labute approximate surface area is 159 Å². The van der Waals surface area contributed by atoms with Gasteiger partial charge < -0.3 is 37.9 Å². The van der Waals surface area contributed by atoms with E-state index in [1.54, 1.807) is 14.2 Å². The van der Waals surface area contributed by atoms with Crippen LogP contribution in [-0.4, -0.2) is 107 Å². The van der Waals surface area contributed by atoms with E-state index in [9.17, 15) is 0 Å². The van der Waals surface area contributed by atoms with Crippen molar-refractivity contribution in [3.05, 3.63) is 0 Å². The van der Waals surface area contributed by atoms with Gasteiger partial charge >= 0.3 is 0 Å². The quantitative estimate of drug-likeness (QED) is 0.292. The minimum Gasteiger partial charge on any atom is -0.382 e. The first kappa shape index (κ1) is 27.9. The van der Waals surface area contributed by atoms with Crippen molar-refractivity contribution in [2.45, 2.75) is 13.8 Å². The Balaban J connectivity index is 0. The third-order valence-corrected chi connectivity index (χ3v) is 2.76. The maximum Gasteiger partial charge on any atom is 0.0701 e. The first-order valence-corrected chi connectivity index (χ1v) is 9.27. The van der Waals surface area contributed by atoms with E-state index in [1.807, 2.05) is 13.8 Å². The van der Waals surface area contributed by atoms with Crippen molar-refractivity contribution in [2.75, 3.05) is 107 Å². The molecule has 8 nitrogen and oxygen atoms in total. The van der Waals surface area contributed by atoms with Crippen molar-refractivity contribution >= 4 is 0 Å². The van der Waals surface area contributed by atoms with Crippen molar-refractivity contribution in [3.8, 4) is 0 Å². The molecule has 0 N–H and O–H groups in total. The summed E-state index contributed by atoms with van der Waals surface area (Å²) in [6, 6.07) is 0. The SMILES string of the molecule is CCOCCOCCOCCOC.CCOCCOCCOCCOC. The number of methoxy groups -OCH3 is 2. The molecule has 0 amide bonds. The van der Waals surface area contributed by atoms with E-state index in [0.717, 1.165) is 13.2 Å². The normalized spacial score (nSPS) is 10.6. The van der Waals surface area contributed by atoms with Crippen LogP contribution < -0.4 is 0 Å².